The van der Waals surface area contributed by atoms with Crippen LogP contribution in [0.1, 0.15) is 22.2 Å². The Hall–Kier alpha value is -2.35. The first-order chi connectivity index (χ1) is 10.3. The minimum atomic E-state index is -4.60. The van der Waals surface area contributed by atoms with Crippen LogP contribution in [-0.2, 0) is 6.18 Å². The van der Waals surface area contributed by atoms with Crippen LogP contribution in [0, 0.1) is 0 Å². The molecule has 0 atom stereocenters. The van der Waals surface area contributed by atoms with Gasteiger partial charge >= 0.3 is 6.18 Å². The lowest BCUT2D eigenvalue weighted by Crippen LogP contribution is -2.14. The van der Waals surface area contributed by atoms with Crippen molar-refractivity contribution in [2.75, 3.05) is 5.73 Å². The van der Waals surface area contributed by atoms with Gasteiger partial charge in [0, 0.05) is 13.0 Å². The van der Waals surface area contributed by atoms with Crippen molar-refractivity contribution in [2.45, 2.75) is 13.1 Å². The van der Waals surface area contributed by atoms with Crippen LogP contribution in [0.25, 0.3) is 21.7 Å². The fraction of sp³-hybridized carbons (Fsp3) is 0.143. The fourth-order valence-electron chi connectivity index (χ4n) is 2.22. The van der Waals surface area contributed by atoms with Crippen molar-refractivity contribution in [1.82, 2.24) is 0 Å². The number of hydrogen-bond acceptors (Lipinski definition) is 4. The summed E-state index contributed by atoms with van der Waals surface area (Å²) < 4.78 is 45.2. The van der Waals surface area contributed by atoms with Crippen molar-refractivity contribution >= 4 is 33.0 Å². The van der Waals surface area contributed by atoms with Gasteiger partial charge in [0.1, 0.15) is 0 Å². The van der Waals surface area contributed by atoms with Gasteiger partial charge in [0.15, 0.2) is 11.5 Å². The van der Waals surface area contributed by atoms with Gasteiger partial charge in [-0.2, -0.15) is 18.2 Å². The second-order valence-corrected chi connectivity index (χ2v) is 5.70. The number of hydrogen-bond donors (Lipinski definition) is 1. The van der Waals surface area contributed by atoms with E-state index in [0.29, 0.717) is 0 Å². The van der Waals surface area contributed by atoms with E-state index in [1.54, 1.807) is 12.1 Å². The van der Waals surface area contributed by atoms with Crippen LogP contribution in [0.3, 0.4) is 0 Å². The molecule has 0 radical (unpaired) electrons. The Morgan fingerprint density at radius 1 is 1.41 bits per heavy atom. The number of aromatic nitrogens is 1. The number of carbonyl (C=O) groups is 1. The maximum absolute atomic E-state index is 13.3. The van der Waals surface area contributed by atoms with E-state index < -0.39 is 11.7 Å². The number of anilines is 1. The summed E-state index contributed by atoms with van der Waals surface area (Å²) in [7, 11) is 0. The third-order valence-corrected chi connectivity index (χ3v) is 4.38. The molecule has 0 aliphatic heterocycles. The summed E-state index contributed by atoms with van der Waals surface area (Å²) in [5, 5.41) is -0.182. The number of fused-ring (bicyclic) bond motifs is 1. The lowest BCUT2D eigenvalue weighted by atomic mass is 10.1. The van der Waals surface area contributed by atoms with E-state index in [1.165, 1.54) is 13.2 Å². The average molecular weight is 327 g/mol. The van der Waals surface area contributed by atoms with E-state index in [4.69, 9.17) is 10.2 Å². The number of pyridine rings is 1. The third kappa shape index (κ3) is 2.25. The molecule has 22 heavy (non-hydrogen) atoms. The van der Waals surface area contributed by atoms with Gasteiger partial charge in [0.05, 0.1) is 27.8 Å². The standard InChI is InChI=1S/C14H9F3N2O2S/c1-6(20)12-11(18)10-7(14(15,16)17)5-8(19-13(10)22-12)9-3-2-4-21-9/h2-5H,18H2,1H3/p+1. The van der Waals surface area contributed by atoms with Crippen LogP contribution in [0.2, 0.25) is 0 Å². The van der Waals surface area contributed by atoms with E-state index in [1.807, 2.05) is 0 Å². The summed E-state index contributed by atoms with van der Waals surface area (Å²) in [5.74, 6) is -0.108. The Morgan fingerprint density at radius 3 is 2.68 bits per heavy atom. The number of H-pyrrole nitrogens is 1. The van der Waals surface area contributed by atoms with Gasteiger partial charge in [-0.1, -0.05) is 11.3 Å². The molecule has 0 bridgehead atoms. The average Bonchev–Trinajstić information content (AvgIpc) is 3.05. The van der Waals surface area contributed by atoms with Crippen molar-refractivity contribution < 1.29 is 27.4 Å². The highest BCUT2D eigenvalue weighted by Crippen LogP contribution is 2.42. The molecule has 0 fully saturated rings. The van der Waals surface area contributed by atoms with Gasteiger partial charge in [-0.15, -0.1) is 0 Å². The molecular weight excluding hydrogens is 317 g/mol. The SMILES string of the molecule is CC(=O)c1sc2[nH+]c(-c3ccco3)cc(C(F)(F)F)c2c1N. The molecule has 3 aromatic rings. The largest absolute Gasteiger partial charge is 0.458 e. The zero-order chi connectivity index (χ0) is 16.1. The summed E-state index contributed by atoms with van der Waals surface area (Å²) in [6.45, 7) is 1.27. The highest BCUT2D eigenvalue weighted by atomic mass is 32.1. The number of furan rings is 1. The summed E-state index contributed by atoms with van der Waals surface area (Å²) in [4.78, 5) is 14.7. The Bertz CT molecular complexity index is 866. The Balaban J connectivity index is 2.39. The topological polar surface area (TPSA) is 70.4 Å². The van der Waals surface area contributed by atoms with Crippen molar-refractivity contribution in [3.8, 4) is 11.5 Å². The number of ketones is 1. The summed E-state index contributed by atoms with van der Waals surface area (Å²) in [5.41, 5.74) is 4.87. The van der Waals surface area contributed by atoms with Crippen LogP contribution >= 0.6 is 11.3 Å². The zero-order valence-corrected chi connectivity index (χ0v) is 12.1. The van der Waals surface area contributed by atoms with Crippen molar-refractivity contribution in [2.24, 2.45) is 0 Å². The van der Waals surface area contributed by atoms with Crippen molar-refractivity contribution in [1.29, 1.82) is 0 Å². The third-order valence-electron chi connectivity index (χ3n) is 3.16. The molecule has 8 heteroatoms. The van der Waals surface area contributed by atoms with Gasteiger partial charge in [0.2, 0.25) is 5.69 Å². The smallest absolute Gasteiger partial charge is 0.417 e. The fourth-order valence-corrected chi connectivity index (χ4v) is 3.27. The van der Waals surface area contributed by atoms with Gasteiger partial charge in [-0.25, -0.2) is 0 Å². The molecule has 0 unspecified atom stereocenters. The Morgan fingerprint density at radius 2 is 2.14 bits per heavy atom. The predicted octanol–water partition coefficient (Wildman–Crippen LogP) is 3.78. The first kappa shape index (κ1) is 14.6. The number of rotatable bonds is 2. The highest BCUT2D eigenvalue weighted by Gasteiger charge is 2.38. The van der Waals surface area contributed by atoms with E-state index in [0.717, 1.165) is 17.4 Å². The molecule has 3 aromatic heterocycles. The minimum Gasteiger partial charge on any atom is -0.458 e. The number of alkyl halides is 3. The number of carbonyl (C=O) groups excluding carboxylic acids is 1. The number of nitrogen functional groups attached to an aromatic ring is 1. The Kier molecular flexibility index (Phi) is 3.21. The molecular formula is C14H10F3N2O2S+. The number of thiophene rings is 1. The second-order valence-electron chi connectivity index (χ2n) is 4.68. The van der Waals surface area contributed by atoms with E-state index in [-0.39, 0.29) is 38.0 Å². The minimum absolute atomic E-state index is 0.105. The number of Topliss-reactive ketones (excluding diaryl/α,β-unsaturated/α-hetero) is 1. The quantitative estimate of drug-likeness (QED) is 0.728. The first-order valence-corrected chi connectivity index (χ1v) is 7.01. The van der Waals surface area contributed by atoms with E-state index in [9.17, 15) is 18.0 Å². The molecule has 3 N–H and O–H groups in total. The molecule has 0 spiro atoms. The Labute approximate surface area is 126 Å². The lowest BCUT2D eigenvalue weighted by Gasteiger charge is -2.07. The molecule has 0 amide bonds. The maximum atomic E-state index is 13.3. The summed E-state index contributed by atoms with van der Waals surface area (Å²) in [6.07, 6.45) is -3.23. The van der Waals surface area contributed by atoms with Crippen LogP contribution in [-0.4, -0.2) is 5.78 Å². The van der Waals surface area contributed by atoms with E-state index in [2.05, 4.69) is 4.98 Å². The molecule has 4 nitrogen and oxygen atoms in total. The number of aromatic amines is 1. The molecule has 0 saturated carbocycles. The highest BCUT2D eigenvalue weighted by molar-refractivity contribution is 7.20. The normalized spacial score (nSPS) is 12.0. The number of nitrogens with two attached hydrogens (primary N) is 1. The zero-order valence-electron chi connectivity index (χ0n) is 11.2. The van der Waals surface area contributed by atoms with E-state index >= 15 is 0 Å². The van der Waals surface area contributed by atoms with Gasteiger partial charge < -0.3 is 10.2 Å². The summed E-state index contributed by atoms with van der Waals surface area (Å²) >= 11 is 0.902. The molecule has 3 rings (SSSR count). The molecule has 3 heterocycles. The second kappa shape index (κ2) is 4.84. The molecule has 0 aliphatic rings. The van der Waals surface area contributed by atoms with Crippen molar-refractivity contribution in [3.63, 3.8) is 0 Å². The summed E-state index contributed by atoms with van der Waals surface area (Å²) in [6, 6.07) is 4.05. The molecule has 0 aromatic carbocycles. The molecule has 0 saturated heterocycles. The maximum Gasteiger partial charge on any atom is 0.417 e. The predicted molar refractivity (Wildman–Crippen MR) is 75.5 cm³/mol. The van der Waals surface area contributed by atoms with Gasteiger partial charge in [-0.3, -0.25) is 4.79 Å². The van der Waals surface area contributed by atoms with Crippen LogP contribution in [0.5, 0.6) is 0 Å². The van der Waals surface area contributed by atoms with Crippen LogP contribution in [0.15, 0.2) is 28.9 Å². The molecule has 0 aliphatic carbocycles. The van der Waals surface area contributed by atoms with Crippen LogP contribution < -0.4 is 10.7 Å². The van der Waals surface area contributed by atoms with Gasteiger partial charge in [0.25, 0.3) is 4.83 Å². The lowest BCUT2D eigenvalue weighted by molar-refractivity contribution is -0.329. The monoisotopic (exact) mass is 327 g/mol. The van der Waals surface area contributed by atoms with Gasteiger partial charge in [-0.05, 0) is 12.1 Å². The number of halogens is 3. The van der Waals surface area contributed by atoms with Crippen LogP contribution in [0.4, 0.5) is 18.9 Å². The van der Waals surface area contributed by atoms with Crippen molar-refractivity contribution in [3.05, 3.63) is 34.9 Å². The number of nitrogens with one attached hydrogen (secondary N) is 1. The molecule has 114 valence electrons. The first-order valence-electron chi connectivity index (χ1n) is 6.19.